The van der Waals surface area contributed by atoms with Crippen molar-refractivity contribution >= 4 is 22.7 Å². The van der Waals surface area contributed by atoms with Crippen LogP contribution < -0.4 is 4.74 Å². The van der Waals surface area contributed by atoms with Crippen LogP contribution in [-0.4, -0.2) is 61.3 Å². The van der Waals surface area contributed by atoms with Crippen LogP contribution in [0.5, 0.6) is 5.88 Å². The molecule has 0 saturated carbocycles. The molecule has 2 fully saturated rings. The summed E-state index contributed by atoms with van der Waals surface area (Å²) in [7, 11) is 0. The van der Waals surface area contributed by atoms with Gasteiger partial charge in [-0.05, 0) is 56.6 Å². The van der Waals surface area contributed by atoms with Gasteiger partial charge >= 0.3 is 5.97 Å². The van der Waals surface area contributed by atoms with E-state index in [-0.39, 0.29) is 29.9 Å². The van der Waals surface area contributed by atoms with Crippen molar-refractivity contribution in [1.29, 1.82) is 0 Å². The van der Waals surface area contributed by atoms with E-state index in [2.05, 4.69) is 24.3 Å². The summed E-state index contributed by atoms with van der Waals surface area (Å²) in [4.78, 5) is 31.0. The molecule has 41 heavy (non-hydrogen) atoms. The summed E-state index contributed by atoms with van der Waals surface area (Å²) in [5.41, 5.74) is 3.20. The third kappa shape index (κ3) is 5.75. The Kier molecular flexibility index (Phi) is 7.59. The highest BCUT2D eigenvalue weighted by atomic mass is 19.1. The average Bonchev–Trinajstić information content (AvgIpc) is 3.30. The molecule has 0 radical (unpaired) electrons. The first-order chi connectivity index (χ1) is 20.0. The van der Waals surface area contributed by atoms with Gasteiger partial charge in [0, 0.05) is 30.5 Å². The van der Waals surface area contributed by atoms with Crippen LogP contribution in [0.15, 0.2) is 48.8 Å². The zero-order valence-electron chi connectivity index (χ0n) is 22.4. The summed E-state index contributed by atoms with van der Waals surface area (Å²) in [6.07, 6.45) is 6.00. The maximum Gasteiger partial charge on any atom is 0.335 e. The number of piperidine rings is 1. The minimum Gasteiger partial charge on any atom is -0.478 e. The number of likely N-dealkylation sites (tertiary alicyclic amines) is 1. The maximum atomic E-state index is 14.4. The Labute approximate surface area is 236 Å². The third-order valence-electron chi connectivity index (χ3n) is 7.81. The van der Waals surface area contributed by atoms with Crippen LogP contribution in [0.1, 0.15) is 52.6 Å². The Morgan fingerprint density at radius 3 is 2.66 bits per heavy atom. The van der Waals surface area contributed by atoms with Crippen LogP contribution >= 0.6 is 0 Å². The van der Waals surface area contributed by atoms with Gasteiger partial charge in [0.2, 0.25) is 5.88 Å². The van der Waals surface area contributed by atoms with E-state index in [1.54, 1.807) is 42.7 Å². The van der Waals surface area contributed by atoms with E-state index in [0.717, 1.165) is 61.5 Å². The summed E-state index contributed by atoms with van der Waals surface area (Å²) < 4.78 is 28.1. The van der Waals surface area contributed by atoms with Gasteiger partial charge in [0.1, 0.15) is 23.9 Å². The summed E-state index contributed by atoms with van der Waals surface area (Å²) in [5.74, 6) is -0.00278. The minimum atomic E-state index is -0.960. The van der Waals surface area contributed by atoms with Crippen LogP contribution in [0.25, 0.3) is 15.9 Å². The Bertz CT molecular complexity index is 1620. The molecule has 2 aromatic carbocycles. The van der Waals surface area contributed by atoms with Crippen LogP contribution in [0.4, 0.5) is 10.1 Å². The lowest BCUT2D eigenvalue weighted by Crippen LogP contribution is -2.35. The van der Waals surface area contributed by atoms with Gasteiger partial charge in [-0.25, -0.2) is 24.0 Å². The number of carboxylic acid groups (broad SMARTS) is 1. The topological polar surface area (TPSA) is 107 Å². The van der Waals surface area contributed by atoms with Crippen molar-refractivity contribution in [2.75, 3.05) is 19.7 Å². The summed E-state index contributed by atoms with van der Waals surface area (Å²) in [6, 6.07) is 9.39. The maximum absolute atomic E-state index is 14.4. The highest BCUT2D eigenvalue weighted by Crippen LogP contribution is 2.33. The van der Waals surface area contributed by atoms with E-state index in [4.69, 9.17) is 21.0 Å². The number of hydrogen-bond acceptors (Lipinski definition) is 7. The number of aromatic nitrogens is 4. The second-order valence-electron chi connectivity index (χ2n) is 10.4. The van der Waals surface area contributed by atoms with Crippen LogP contribution in [0, 0.1) is 12.4 Å². The quantitative estimate of drug-likeness (QED) is 0.288. The van der Waals surface area contributed by atoms with Gasteiger partial charge in [-0.3, -0.25) is 9.88 Å². The Morgan fingerprint density at radius 2 is 1.95 bits per heavy atom. The van der Waals surface area contributed by atoms with Crippen molar-refractivity contribution in [3.63, 3.8) is 0 Å². The number of carbonyl (C=O) groups is 1. The number of carboxylic acids is 1. The number of halogens is 1. The van der Waals surface area contributed by atoms with E-state index in [1.807, 2.05) is 0 Å². The fourth-order valence-corrected chi connectivity index (χ4v) is 5.42. The lowest BCUT2D eigenvalue weighted by atomic mass is 9.93. The number of imidazole rings is 1. The number of hydrogen-bond donors (Lipinski definition) is 1. The molecule has 0 amide bonds. The molecular formula is C30H29FN6O4. The molecule has 0 aliphatic carbocycles. The Balaban J connectivity index is 1.14. The fourth-order valence-electron chi connectivity index (χ4n) is 5.42. The van der Waals surface area contributed by atoms with Crippen molar-refractivity contribution in [2.45, 2.75) is 51.0 Å². The van der Waals surface area contributed by atoms with Gasteiger partial charge in [0.05, 0.1) is 42.4 Å². The molecule has 210 valence electrons. The first-order valence-corrected chi connectivity index (χ1v) is 13.6. The summed E-state index contributed by atoms with van der Waals surface area (Å²) in [5, 5.41) is 9.50. The lowest BCUT2D eigenvalue weighted by Gasteiger charge is -2.32. The lowest BCUT2D eigenvalue weighted by molar-refractivity contribution is -0.0592. The molecule has 2 aromatic heterocycles. The molecule has 11 heteroatoms. The van der Waals surface area contributed by atoms with E-state index in [0.29, 0.717) is 24.5 Å². The van der Waals surface area contributed by atoms with Crippen LogP contribution in [0.2, 0.25) is 0 Å². The molecular weight excluding hydrogens is 527 g/mol. The monoisotopic (exact) mass is 556 g/mol. The van der Waals surface area contributed by atoms with E-state index in [9.17, 15) is 14.3 Å². The van der Waals surface area contributed by atoms with Gasteiger partial charge in [0.25, 0.3) is 0 Å². The summed E-state index contributed by atoms with van der Waals surface area (Å²) in [6.45, 7) is 10.7. The molecule has 0 spiro atoms. The fraction of sp³-hybridized carbons (Fsp3) is 0.367. The Hall–Kier alpha value is -4.40. The van der Waals surface area contributed by atoms with Crippen LogP contribution in [0.3, 0.4) is 0 Å². The van der Waals surface area contributed by atoms with Gasteiger partial charge in [0.15, 0.2) is 5.69 Å². The predicted molar refractivity (Wildman–Crippen MR) is 147 cm³/mol. The van der Waals surface area contributed by atoms with E-state index >= 15 is 0 Å². The number of nitrogens with zero attached hydrogens (tertiary/aromatic N) is 6. The van der Waals surface area contributed by atoms with Crippen molar-refractivity contribution < 1.29 is 23.8 Å². The number of fused-ring (bicyclic) bond motifs is 1. The number of ether oxygens (including phenoxy) is 2. The smallest absolute Gasteiger partial charge is 0.335 e. The van der Waals surface area contributed by atoms with Crippen molar-refractivity contribution in [3.8, 4) is 5.88 Å². The first-order valence-electron chi connectivity index (χ1n) is 13.6. The first kappa shape index (κ1) is 26.8. The molecule has 1 N–H and O–H groups in total. The predicted octanol–water partition coefficient (Wildman–Crippen LogP) is 4.96. The minimum absolute atomic E-state index is 0.000823. The molecule has 1 atom stereocenters. The molecule has 0 bridgehead atoms. The zero-order valence-corrected chi connectivity index (χ0v) is 22.4. The van der Waals surface area contributed by atoms with E-state index in [1.165, 1.54) is 6.07 Å². The number of benzene rings is 2. The normalized spacial score (nSPS) is 17.7. The number of rotatable bonds is 9. The van der Waals surface area contributed by atoms with Gasteiger partial charge in [-0.2, -0.15) is 0 Å². The largest absolute Gasteiger partial charge is 0.478 e. The second-order valence-corrected chi connectivity index (χ2v) is 10.4. The van der Waals surface area contributed by atoms with Crippen LogP contribution in [-0.2, 0) is 24.4 Å². The highest BCUT2D eigenvalue weighted by Gasteiger charge is 2.28. The van der Waals surface area contributed by atoms with E-state index < -0.39 is 11.8 Å². The summed E-state index contributed by atoms with van der Waals surface area (Å²) >= 11 is 0. The average molecular weight is 557 g/mol. The second kappa shape index (κ2) is 11.6. The third-order valence-corrected chi connectivity index (χ3v) is 7.81. The van der Waals surface area contributed by atoms with Gasteiger partial charge < -0.3 is 19.1 Å². The molecule has 6 rings (SSSR count). The molecule has 0 unspecified atom stereocenters. The van der Waals surface area contributed by atoms with Crippen molar-refractivity contribution in [3.05, 3.63) is 88.7 Å². The van der Waals surface area contributed by atoms with Crippen molar-refractivity contribution in [1.82, 2.24) is 24.4 Å². The van der Waals surface area contributed by atoms with Crippen molar-refractivity contribution in [2.24, 2.45) is 0 Å². The Morgan fingerprint density at radius 1 is 1.15 bits per heavy atom. The highest BCUT2D eigenvalue weighted by molar-refractivity contribution is 5.92. The number of aromatic carboxylic acids is 1. The molecule has 2 saturated heterocycles. The van der Waals surface area contributed by atoms with Gasteiger partial charge in [-0.1, -0.05) is 12.1 Å². The molecule has 2 aliphatic heterocycles. The molecule has 10 nitrogen and oxygen atoms in total. The van der Waals surface area contributed by atoms with Gasteiger partial charge in [-0.15, -0.1) is 0 Å². The zero-order chi connectivity index (χ0) is 28.3. The molecule has 4 aromatic rings. The molecule has 4 heterocycles. The SMILES string of the molecule is [C-]#[N+]c1ccc(COc2nccnc2C2CCN(Cc3nc4ccc(C(=O)O)cc4n3C[C@@H]3CCO3)CC2)c(F)c1. The molecule has 2 aliphatic rings. The standard InChI is InChI=1S/C30H29FN6O4/c1-32-22-4-2-21(24(31)15-22)18-41-29-28(33-9-10-34-29)19-6-11-36(12-7-19)17-27-35-25-5-3-20(30(38)39)14-26(25)37(27)16-23-8-13-40-23/h2-5,9-10,14-15,19,23H,6-8,11-13,16-18H2,(H,38,39)/t23-/m0/s1.